The SMILES string of the molecule is C=CCCC(=O)C1(NC(=O)OC(C)(C)C)CCC1. The Morgan fingerprint density at radius 2 is 2.00 bits per heavy atom. The van der Waals surface area contributed by atoms with Crippen molar-refractivity contribution in [3.8, 4) is 0 Å². The summed E-state index contributed by atoms with van der Waals surface area (Å²) in [7, 11) is 0. The minimum atomic E-state index is -0.689. The summed E-state index contributed by atoms with van der Waals surface area (Å²) in [5, 5.41) is 2.75. The molecule has 1 saturated carbocycles. The topological polar surface area (TPSA) is 55.4 Å². The van der Waals surface area contributed by atoms with Crippen LogP contribution < -0.4 is 5.32 Å². The predicted octanol–water partition coefficient (Wildman–Crippen LogP) is 2.97. The van der Waals surface area contributed by atoms with Crippen molar-refractivity contribution in [2.24, 2.45) is 0 Å². The molecule has 1 amide bonds. The van der Waals surface area contributed by atoms with Crippen LogP contribution in [-0.4, -0.2) is 23.0 Å². The lowest BCUT2D eigenvalue weighted by atomic mass is 9.72. The van der Waals surface area contributed by atoms with Crippen molar-refractivity contribution in [1.82, 2.24) is 5.32 Å². The number of carbonyl (C=O) groups excluding carboxylic acids is 2. The summed E-state index contributed by atoms with van der Waals surface area (Å²) in [5.41, 5.74) is -1.23. The van der Waals surface area contributed by atoms with Gasteiger partial charge in [0.25, 0.3) is 0 Å². The number of amides is 1. The minimum absolute atomic E-state index is 0.0829. The molecule has 4 heteroatoms. The van der Waals surface area contributed by atoms with Gasteiger partial charge in [-0.1, -0.05) is 6.08 Å². The molecule has 0 aromatic heterocycles. The van der Waals surface area contributed by atoms with Gasteiger partial charge in [-0.2, -0.15) is 0 Å². The molecule has 1 aliphatic rings. The molecule has 0 aromatic carbocycles. The molecule has 1 N–H and O–H groups in total. The first-order chi connectivity index (χ1) is 8.29. The lowest BCUT2D eigenvalue weighted by Crippen LogP contribution is -2.59. The third-order valence-corrected chi connectivity index (χ3v) is 3.06. The minimum Gasteiger partial charge on any atom is -0.444 e. The van der Waals surface area contributed by atoms with Crippen LogP contribution in [0.3, 0.4) is 0 Å². The van der Waals surface area contributed by atoms with Gasteiger partial charge in [-0.25, -0.2) is 4.79 Å². The Kier molecular flexibility index (Phi) is 4.54. The Morgan fingerprint density at radius 1 is 1.39 bits per heavy atom. The number of hydrogen-bond acceptors (Lipinski definition) is 3. The number of Topliss-reactive ketones (excluding diaryl/α,β-unsaturated/α-hetero) is 1. The molecule has 102 valence electrons. The van der Waals surface area contributed by atoms with Crippen molar-refractivity contribution < 1.29 is 14.3 Å². The van der Waals surface area contributed by atoms with Gasteiger partial charge in [0.15, 0.2) is 5.78 Å². The van der Waals surface area contributed by atoms with Gasteiger partial charge in [0.2, 0.25) is 0 Å². The van der Waals surface area contributed by atoms with E-state index >= 15 is 0 Å². The Balaban J connectivity index is 2.57. The molecular weight excluding hydrogens is 230 g/mol. The summed E-state index contributed by atoms with van der Waals surface area (Å²) in [4.78, 5) is 23.8. The van der Waals surface area contributed by atoms with Crippen LogP contribution in [0.1, 0.15) is 52.9 Å². The molecular formula is C14H23NO3. The van der Waals surface area contributed by atoms with Crippen LogP contribution in [0.15, 0.2) is 12.7 Å². The van der Waals surface area contributed by atoms with E-state index in [1.54, 1.807) is 26.8 Å². The molecule has 0 aliphatic heterocycles. The number of nitrogens with one attached hydrogen (secondary N) is 1. The van der Waals surface area contributed by atoms with E-state index in [0.29, 0.717) is 25.7 Å². The Morgan fingerprint density at radius 3 is 2.39 bits per heavy atom. The Labute approximate surface area is 109 Å². The molecule has 4 nitrogen and oxygen atoms in total. The number of alkyl carbamates (subject to hydrolysis) is 1. The van der Waals surface area contributed by atoms with Gasteiger partial charge in [-0.05, 0) is 46.5 Å². The monoisotopic (exact) mass is 253 g/mol. The smallest absolute Gasteiger partial charge is 0.408 e. The first-order valence-corrected chi connectivity index (χ1v) is 6.44. The highest BCUT2D eigenvalue weighted by Crippen LogP contribution is 2.34. The van der Waals surface area contributed by atoms with Gasteiger partial charge >= 0.3 is 6.09 Å². The van der Waals surface area contributed by atoms with Crippen molar-refractivity contribution in [2.75, 3.05) is 0 Å². The number of rotatable bonds is 5. The summed E-state index contributed by atoms with van der Waals surface area (Å²) in [5.74, 6) is 0.0829. The lowest BCUT2D eigenvalue weighted by molar-refractivity contribution is -0.128. The van der Waals surface area contributed by atoms with Gasteiger partial charge in [0, 0.05) is 6.42 Å². The number of hydrogen-bond donors (Lipinski definition) is 1. The second-order valence-electron chi connectivity index (χ2n) is 5.81. The highest BCUT2D eigenvalue weighted by molar-refractivity contribution is 5.92. The third kappa shape index (κ3) is 3.86. The van der Waals surface area contributed by atoms with Crippen molar-refractivity contribution in [1.29, 1.82) is 0 Å². The molecule has 0 saturated heterocycles. The van der Waals surface area contributed by atoms with Gasteiger partial charge < -0.3 is 10.1 Å². The fraction of sp³-hybridized carbons (Fsp3) is 0.714. The van der Waals surface area contributed by atoms with E-state index in [4.69, 9.17) is 4.74 Å². The standard InChI is InChI=1S/C14H23NO3/c1-5-6-8-11(16)14(9-7-10-14)15-12(17)18-13(2,3)4/h5H,1,6-10H2,2-4H3,(H,15,17). The van der Waals surface area contributed by atoms with E-state index in [0.717, 1.165) is 6.42 Å². The summed E-state index contributed by atoms with van der Waals surface area (Å²) in [6.07, 6.45) is 4.68. The highest BCUT2D eigenvalue weighted by Gasteiger charge is 2.45. The number of ether oxygens (including phenoxy) is 1. The maximum Gasteiger partial charge on any atom is 0.408 e. The van der Waals surface area contributed by atoms with Gasteiger partial charge in [-0.3, -0.25) is 4.79 Å². The average Bonchev–Trinajstić information content (AvgIpc) is 2.17. The van der Waals surface area contributed by atoms with Crippen LogP contribution >= 0.6 is 0 Å². The molecule has 0 spiro atoms. The molecule has 1 rings (SSSR count). The number of ketones is 1. The van der Waals surface area contributed by atoms with Gasteiger partial charge in [0.05, 0.1) is 0 Å². The van der Waals surface area contributed by atoms with Crippen LogP contribution in [0, 0.1) is 0 Å². The summed E-state index contributed by atoms with van der Waals surface area (Å²) >= 11 is 0. The van der Waals surface area contributed by atoms with Crippen LogP contribution in [-0.2, 0) is 9.53 Å². The molecule has 0 aromatic rings. The second kappa shape index (κ2) is 5.55. The first-order valence-electron chi connectivity index (χ1n) is 6.44. The summed E-state index contributed by atoms with van der Waals surface area (Å²) in [6, 6.07) is 0. The van der Waals surface area contributed by atoms with E-state index < -0.39 is 17.2 Å². The van der Waals surface area contributed by atoms with E-state index in [2.05, 4.69) is 11.9 Å². The van der Waals surface area contributed by atoms with Crippen LogP contribution in [0.4, 0.5) is 4.79 Å². The predicted molar refractivity (Wildman–Crippen MR) is 70.4 cm³/mol. The average molecular weight is 253 g/mol. The zero-order valence-corrected chi connectivity index (χ0v) is 11.5. The summed E-state index contributed by atoms with van der Waals surface area (Å²) < 4.78 is 5.20. The highest BCUT2D eigenvalue weighted by atomic mass is 16.6. The van der Waals surface area contributed by atoms with Crippen LogP contribution in [0.5, 0.6) is 0 Å². The van der Waals surface area contributed by atoms with Crippen molar-refractivity contribution in [3.63, 3.8) is 0 Å². The van der Waals surface area contributed by atoms with E-state index in [-0.39, 0.29) is 5.78 Å². The Hall–Kier alpha value is -1.32. The van der Waals surface area contributed by atoms with E-state index in [1.165, 1.54) is 0 Å². The van der Waals surface area contributed by atoms with Crippen molar-refractivity contribution in [2.45, 2.75) is 64.0 Å². The van der Waals surface area contributed by atoms with Crippen molar-refractivity contribution in [3.05, 3.63) is 12.7 Å². The zero-order valence-electron chi connectivity index (χ0n) is 11.5. The van der Waals surface area contributed by atoms with E-state index in [9.17, 15) is 9.59 Å². The maximum atomic E-state index is 12.1. The second-order valence-corrected chi connectivity index (χ2v) is 5.81. The van der Waals surface area contributed by atoms with Gasteiger partial charge in [-0.15, -0.1) is 6.58 Å². The molecule has 0 radical (unpaired) electrons. The third-order valence-electron chi connectivity index (χ3n) is 3.06. The quantitative estimate of drug-likeness (QED) is 0.766. The summed E-state index contributed by atoms with van der Waals surface area (Å²) in [6.45, 7) is 9.02. The molecule has 1 aliphatic carbocycles. The fourth-order valence-corrected chi connectivity index (χ4v) is 1.98. The normalized spacial score (nSPS) is 17.5. The van der Waals surface area contributed by atoms with E-state index in [1.807, 2.05) is 0 Å². The zero-order chi connectivity index (χ0) is 13.8. The molecule has 0 heterocycles. The van der Waals surface area contributed by atoms with Crippen LogP contribution in [0.2, 0.25) is 0 Å². The Bertz CT molecular complexity index is 337. The van der Waals surface area contributed by atoms with Crippen molar-refractivity contribution >= 4 is 11.9 Å². The molecule has 18 heavy (non-hydrogen) atoms. The molecule has 0 atom stereocenters. The number of allylic oxidation sites excluding steroid dienone is 1. The molecule has 0 bridgehead atoms. The van der Waals surface area contributed by atoms with Gasteiger partial charge in [0.1, 0.15) is 11.1 Å². The molecule has 1 fully saturated rings. The first kappa shape index (κ1) is 14.7. The largest absolute Gasteiger partial charge is 0.444 e. The maximum absolute atomic E-state index is 12.1. The number of carbonyl (C=O) groups is 2. The molecule has 0 unspecified atom stereocenters. The lowest BCUT2D eigenvalue weighted by Gasteiger charge is -2.41. The van der Waals surface area contributed by atoms with Crippen LogP contribution in [0.25, 0.3) is 0 Å². The fourth-order valence-electron chi connectivity index (χ4n) is 1.98.